The summed E-state index contributed by atoms with van der Waals surface area (Å²) < 4.78 is 80.0. The van der Waals surface area contributed by atoms with Crippen molar-refractivity contribution in [3.05, 3.63) is 220 Å². The Morgan fingerprint density at radius 2 is 1.09 bits per heavy atom. The first kappa shape index (κ1) is 60.9. The summed E-state index contributed by atoms with van der Waals surface area (Å²) in [6.45, 7) is 7.24. The van der Waals surface area contributed by atoms with Crippen molar-refractivity contribution in [1.82, 2.24) is 0 Å². The minimum atomic E-state index is -3.36. The third-order valence-corrected chi connectivity index (χ3v) is 21.3. The number of azide groups is 1. The van der Waals surface area contributed by atoms with Gasteiger partial charge in [0.15, 0.2) is 24.6 Å². The van der Waals surface area contributed by atoms with E-state index in [-0.39, 0.29) is 13.2 Å². The molecule has 4 bridgehead atoms. The van der Waals surface area contributed by atoms with Crippen LogP contribution in [0.5, 0.6) is 5.75 Å². The van der Waals surface area contributed by atoms with Gasteiger partial charge in [0.05, 0.1) is 13.2 Å². The zero-order valence-corrected chi connectivity index (χ0v) is 50.7. The Labute approximate surface area is 511 Å². The molecule has 4 aliphatic heterocycles. The van der Waals surface area contributed by atoms with Crippen LogP contribution in [-0.2, 0) is 77.6 Å². The standard InChI is InChI=1S/C66H64BrN3O16Si/c1-39(71)77-52(43-21-10-6-11-22-43)62(73)81-56-59-57(82-63(74)53(78-40(2)72)44-23-12-7-13-24-44)61-58(60(56)85-65(84-59)86-61)83-64-51(69-70-68)55(75-37-41-30-33-46(67)34-31-41)54(79-47-35-32-42-20-18-19-25-45(42)36-47)50(80-64)38-76-87(66(3,4)5,48-26-14-8-15-27-48)49-28-16-9-17-29-49/h6-36,50-61,64-65H,37-38H2,1-5H3/t50-,51-,52+,53+,54-,55-,56-,57-,58?,59?,60-,61+,64-,65?/m1/s1. The number of benzene rings is 7. The zero-order valence-electron chi connectivity index (χ0n) is 48.1. The van der Waals surface area contributed by atoms with Crippen LogP contribution >= 0.6 is 15.9 Å². The molecule has 1 saturated carbocycles. The van der Waals surface area contributed by atoms with E-state index >= 15 is 0 Å². The molecule has 21 heteroatoms. The van der Waals surface area contributed by atoms with Gasteiger partial charge < -0.3 is 56.5 Å². The number of hydrogen-bond acceptors (Lipinski definition) is 17. The van der Waals surface area contributed by atoms with Gasteiger partial charge in [-0.2, -0.15) is 0 Å². The Balaban J connectivity index is 1.03. The van der Waals surface area contributed by atoms with Crippen LogP contribution in [0.4, 0.5) is 0 Å². The topological polar surface area (TPSA) is 228 Å². The molecule has 19 nitrogen and oxygen atoms in total. The van der Waals surface area contributed by atoms with Crippen LogP contribution < -0.4 is 15.1 Å². The van der Waals surface area contributed by atoms with Crippen molar-refractivity contribution in [3.8, 4) is 5.75 Å². The highest BCUT2D eigenvalue weighted by atomic mass is 79.9. The molecule has 14 atom stereocenters. The fourth-order valence-corrected chi connectivity index (χ4v) is 16.8. The van der Waals surface area contributed by atoms with Gasteiger partial charge in [0.2, 0.25) is 12.2 Å². The number of rotatable bonds is 21. The maximum Gasteiger partial charge on any atom is 0.352 e. The van der Waals surface area contributed by atoms with E-state index in [0.717, 1.165) is 45.0 Å². The van der Waals surface area contributed by atoms with Crippen molar-refractivity contribution < 1.29 is 75.7 Å². The second kappa shape index (κ2) is 26.7. The monoisotopic (exact) mass is 1260 g/mol. The molecule has 4 heterocycles. The number of ether oxygens (including phenoxy) is 11. The van der Waals surface area contributed by atoms with Crippen LogP contribution in [0.15, 0.2) is 198 Å². The molecule has 12 rings (SSSR count). The predicted octanol–water partition coefficient (Wildman–Crippen LogP) is 10.2. The molecule has 1 aliphatic carbocycles. The first-order valence-corrected chi connectivity index (χ1v) is 31.2. The molecular formula is C66H64BrN3O16Si. The van der Waals surface area contributed by atoms with Crippen LogP contribution in [0.25, 0.3) is 21.2 Å². The number of carbonyl (C=O) groups excluding carboxylic acids is 4. The lowest BCUT2D eigenvalue weighted by molar-refractivity contribution is -0.490. The Morgan fingerprint density at radius 1 is 0.598 bits per heavy atom. The molecule has 3 unspecified atom stereocenters. The Bertz CT molecular complexity index is 3450. The Kier molecular flexibility index (Phi) is 18.7. The first-order valence-electron chi connectivity index (χ1n) is 28.5. The summed E-state index contributed by atoms with van der Waals surface area (Å²) in [5.41, 5.74) is 12.0. The largest absolute Gasteiger partial charge is 0.485 e. The van der Waals surface area contributed by atoms with Crippen molar-refractivity contribution in [2.75, 3.05) is 6.61 Å². The van der Waals surface area contributed by atoms with Crippen molar-refractivity contribution in [2.24, 2.45) is 5.11 Å². The van der Waals surface area contributed by atoms with E-state index in [0.29, 0.717) is 16.9 Å². The third-order valence-electron chi connectivity index (χ3n) is 15.8. The van der Waals surface area contributed by atoms with Gasteiger partial charge in [-0.15, -0.1) is 0 Å². The number of nitrogens with zero attached hydrogens (tertiary/aromatic N) is 3. The molecule has 0 aromatic heterocycles. The van der Waals surface area contributed by atoms with Crippen molar-refractivity contribution >= 4 is 69.3 Å². The van der Waals surface area contributed by atoms with Crippen molar-refractivity contribution in [3.63, 3.8) is 0 Å². The molecule has 0 N–H and O–H groups in total. The highest BCUT2D eigenvalue weighted by molar-refractivity contribution is 9.10. The van der Waals surface area contributed by atoms with Crippen LogP contribution in [0.3, 0.4) is 0 Å². The summed E-state index contributed by atoms with van der Waals surface area (Å²) in [7, 11) is -3.36. The minimum absolute atomic E-state index is 0.00450. The van der Waals surface area contributed by atoms with E-state index < -0.39 is 123 Å². The van der Waals surface area contributed by atoms with Gasteiger partial charge in [-0.25, -0.2) is 9.59 Å². The molecule has 0 spiro atoms. The number of fused-ring (bicyclic) bond motifs is 1. The summed E-state index contributed by atoms with van der Waals surface area (Å²) in [6, 6.07) is 56.4. The molecule has 7 aromatic rings. The smallest absolute Gasteiger partial charge is 0.352 e. The fraction of sp³-hybridized carbons (Fsp3) is 0.333. The lowest BCUT2D eigenvalue weighted by Crippen LogP contribution is -2.77. The summed E-state index contributed by atoms with van der Waals surface area (Å²) in [5, 5.41) is 7.75. The lowest BCUT2D eigenvalue weighted by Gasteiger charge is -2.58. The quantitative estimate of drug-likeness (QED) is 0.0163. The van der Waals surface area contributed by atoms with Gasteiger partial charge in [0, 0.05) is 34.4 Å². The SMILES string of the molecule is CC(=O)O[C@H](C(=O)O[C@@H]1C2OC3O[C@@H]1C(O[C@H]1O[C@H](CO[Si](c4ccccc4)(c4ccccc4)C(C)(C)C)[C@@H](Oc4ccc5ccccc5c4)[C@H](OCc4ccc(Br)cc4)[C@H]1N=[N+]=[N-])[C@H](O3)[C@@H]2OC(=O)[C@@H](OC(C)=O)c1ccccc1)c1ccccc1. The molecule has 5 aliphatic rings. The van der Waals surface area contributed by atoms with E-state index in [1.54, 1.807) is 60.7 Å². The summed E-state index contributed by atoms with van der Waals surface area (Å²) in [5.74, 6) is -3.14. The van der Waals surface area contributed by atoms with E-state index in [4.69, 9.17) is 56.5 Å². The number of hydrogen-bond donors (Lipinski definition) is 0. The van der Waals surface area contributed by atoms with E-state index in [2.05, 4.69) is 71.0 Å². The van der Waals surface area contributed by atoms with E-state index in [1.807, 2.05) is 103 Å². The molecular weight excluding hydrogens is 1200 g/mol. The Morgan fingerprint density at radius 3 is 1.60 bits per heavy atom. The normalized spacial score (nSPS) is 25.5. The predicted molar refractivity (Wildman–Crippen MR) is 321 cm³/mol. The zero-order chi connectivity index (χ0) is 60.8. The highest BCUT2D eigenvalue weighted by Gasteiger charge is 2.67. The fourth-order valence-electron chi connectivity index (χ4n) is 11.9. The summed E-state index contributed by atoms with van der Waals surface area (Å²) in [4.78, 5) is 58.0. The van der Waals surface area contributed by atoms with Gasteiger partial charge in [0.25, 0.3) is 14.8 Å². The van der Waals surface area contributed by atoms with Crippen LogP contribution in [-0.4, -0.2) is 113 Å². The van der Waals surface area contributed by atoms with Gasteiger partial charge in [-0.05, 0) is 61.5 Å². The molecule has 5 fully saturated rings. The van der Waals surface area contributed by atoms with Crippen molar-refractivity contribution in [1.29, 1.82) is 0 Å². The number of esters is 4. The molecule has 0 amide bonds. The average molecular weight is 1260 g/mol. The van der Waals surface area contributed by atoms with Crippen LogP contribution in [0.2, 0.25) is 5.04 Å². The van der Waals surface area contributed by atoms with E-state index in [9.17, 15) is 24.7 Å². The van der Waals surface area contributed by atoms with Gasteiger partial charge in [-0.3, -0.25) is 9.59 Å². The van der Waals surface area contributed by atoms with Crippen LogP contribution in [0.1, 0.15) is 63.5 Å². The van der Waals surface area contributed by atoms with Gasteiger partial charge in [-0.1, -0.05) is 206 Å². The molecule has 87 heavy (non-hydrogen) atoms. The lowest BCUT2D eigenvalue weighted by atomic mass is 9.82. The second-order valence-electron chi connectivity index (χ2n) is 22.5. The molecule has 7 aromatic carbocycles. The van der Waals surface area contributed by atoms with Gasteiger partial charge in [0.1, 0.15) is 48.4 Å². The maximum absolute atomic E-state index is 14.7. The van der Waals surface area contributed by atoms with Gasteiger partial charge >= 0.3 is 23.9 Å². The Hall–Kier alpha value is -7.79. The molecule has 4 saturated heterocycles. The van der Waals surface area contributed by atoms with E-state index in [1.165, 1.54) is 0 Å². The highest BCUT2D eigenvalue weighted by Crippen LogP contribution is 2.47. The summed E-state index contributed by atoms with van der Waals surface area (Å²) in [6.07, 6.45) is -16.4. The van der Waals surface area contributed by atoms with Crippen LogP contribution in [0, 0.1) is 0 Å². The number of carbonyl (C=O) groups is 4. The maximum atomic E-state index is 14.7. The molecule has 0 radical (unpaired) electrons. The second-order valence-corrected chi connectivity index (χ2v) is 27.7. The minimum Gasteiger partial charge on any atom is -0.485 e. The third kappa shape index (κ3) is 13.2. The first-order chi connectivity index (χ1) is 42.1. The average Bonchev–Trinajstić information content (AvgIpc) is 0.921. The molecule has 450 valence electrons. The van der Waals surface area contributed by atoms with Crippen molar-refractivity contribution in [2.45, 2.75) is 132 Å². The summed E-state index contributed by atoms with van der Waals surface area (Å²) >= 11 is 3.54. The number of halogens is 1.